The van der Waals surface area contributed by atoms with Gasteiger partial charge in [0.15, 0.2) is 0 Å². The van der Waals surface area contributed by atoms with E-state index in [0.717, 1.165) is 103 Å². The van der Waals surface area contributed by atoms with Crippen LogP contribution in [-0.2, 0) is 19.2 Å². The first kappa shape index (κ1) is 43.2. The van der Waals surface area contributed by atoms with E-state index in [2.05, 4.69) is 25.9 Å². The van der Waals surface area contributed by atoms with E-state index in [4.69, 9.17) is 28.0 Å². The highest BCUT2D eigenvalue weighted by molar-refractivity contribution is 6.32. The monoisotopic (exact) mass is 845 g/mol. The molecule has 58 heavy (non-hydrogen) atoms. The van der Waals surface area contributed by atoms with Crippen LogP contribution in [0.5, 0.6) is 0 Å². The Morgan fingerprint density at radius 3 is 1.84 bits per heavy atom. The molecule has 0 aromatic heterocycles. The van der Waals surface area contributed by atoms with Crippen LogP contribution in [0.25, 0.3) is 0 Å². The van der Waals surface area contributed by atoms with Gasteiger partial charge in [-0.15, -0.1) is 0 Å². The van der Waals surface area contributed by atoms with Crippen molar-refractivity contribution in [3.63, 3.8) is 0 Å². The number of nitrogens with zero attached hydrogens (tertiary/aromatic N) is 2. The van der Waals surface area contributed by atoms with Crippen molar-refractivity contribution in [1.82, 2.24) is 15.3 Å². The Balaban J connectivity index is 0.799. The zero-order valence-corrected chi connectivity index (χ0v) is 35.5. The van der Waals surface area contributed by atoms with E-state index in [1.54, 1.807) is 12.1 Å². The Labute approximate surface area is 351 Å². The molecule has 318 valence electrons. The van der Waals surface area contributed by atoms with Gasteiger partial charge in [-0.3, -0.25) is 29.0 Å². The van der Waals surface area contributed by atoms with Crippen molar-refractivity contribution in [2.45, 2.75) is 115 Å². The molecule has 4 N–H and O–H groups in total. The number of β-amino-alcohol motifs (C(OH)–C–C–N with tert-alkyl or cyclic N) is 1. The summed E-state index contributed by atoms with van der Waals surface area (Å²) in [6.07, 6.45) is 9.33. The van der Waals surface area contributed by atoms with Gasteiger partial charge in [0.05, 0.1) is 18.2 Å². The van der Waals surface area contributed by atoms with Gasteiger partial charge >= 0.3 is 0 Å². The van der Waals surface area contributed by atoms with Crippen LogP contribution >= 0.6 is 23.2 Å². The molecule has 2 spiro atoms. The molecule has 14 heteroatoms. The maximum Gasteiger partial charge on any atom is 0.257 e. The van der Waals surface area contributed by atoms with Gasteiger partial charge in [-0.1, -0.05) is 23.2 Å². The van der Waals surface area contributed by atoms with E-state index in [1.807, 2.05) is 20.8 Å². The summed E-state index contributed by atoms with van der Waals surface area (Å²) in [5, 5.41) is 17.5. The number of aliphatic hydroxyl groups excluding tert-OH is 1. The summed E-state index contributed by atoms with van der Waals surface area (Å²) in [5.41, 5.74) is 3.63. The standard InChI is InChI=1S/C44H59Cl2F2N5O5/c1-42(2,3)58-51-38(55)22-53-25-44(26-53)14-10-30(11-15-44)41(57)50-34-19-35(46)39(36(48)20-34)28-6-4-27(5-7-28)37(54)21-52-23-43(24-52)12-8-29(9-13-43)40(56)49-33-17-31(45)16-32(47)18-33/h16-20,27-30,37,54H,4-15,21-26H2,1-3H3,(H,49,56)(H,50,57)(H,51,55). The second-order valence-corrected chi connectivity index (χ2v) is 20.1. The van der Waals surface area contributed by atoms with Crippen LogP contribution in [0.4, 0.5) is 20.2 Å². The smallest absolute Gasteiger partial charge is 0.257 e. The van der Waals surface area contributed by atoms with Gasteiger partial charge in [0.1, 0.15) is 11.6 Å². The number of hydroxylamine groups is 1. The van der Waals surface area contributed by atoms with Crippen LogP contribution in [-0.4, -0.2) is 83.6 Å². The minimum absolute atomic E-state index is 0.0491. The summed E-state index contributed by atoms with van der Waals surface area (Å²) in [6, 6.07) is 7.10. The number of likely N-dealkylation sites (tertiary alicyclic amines) is 2. The molecule has 1 unspecified atom stereocenters. The number of hydrogen-bond donors (Lipinski definition) is 4. The highest BCUT2D eigenvalue weighted by atomic mass is 35.5. The molecular formula is C44H59Cl2F2N5O5. The maximum absolute atomic E-state index is 15.7. The van der Waals surface area contributed by atoms with Crippen molar-refractivity contribution in [3.05, 3.63) is 57.6 Å². The van der Waals surface area contributed by atoms with Gasteiger partial charge in [-0.25, -0.2) is 14.3 Å². The van der Waals surface area contributed by atoms with Gasteiger partial charge in [-0.2, -0.15) is 0 Å². The van der Waals surface area contributed by atoms with Crippen molar-refractivity contribution in [2.24, 2.45) is 28.6 Å². The number of hydrogen-bond acceptors (Lipinski definition) is 7. The normalized spacial score (nSPS) is 24.5. The third kappa shape index (κ3) is 10.5. The minimum Gasteiger partial charge on any atom is -0.392 e. The van der Waals surface area contributed by atoms with E-state index in [-0.39, 0.29) is 57.2 Å². The second-order valence-electron chi connectivity index (χ2n) is 19.3. The molecule has 10 nitrogen and oxygen atoms in total. The predicted molar refractivity (Wildman–Crippen MR) is 221 cm³/mol. The molecule has 2 heterocycles. The first-order chi connectivity index (χ1) is 27.5. The van der Waals surface area contributed by atoms with E-state index < -0.39 is 23.3 Å². The van der Waals surface area contributed by atoms with Crippen LogP contribution in [0, 0.1) is 40.2 Å². The number of amides is 3. The Morgan fingerprint density at radius 2 is 1.33 bits per heavy atom. The van der Waals surface area contributed by atoms with Gasteiger partial charge in [0.25, 0.3) is 5.91 Å². The van der Waals surface area contributed by atoms with Crippen LogP contribution < -0.4 is 16.1 Å². The number of carbonyl (C=O) groups excluding carboxylic acids is 3. The lowest BCUT2D eigenvalue weighted by atomic mass is 9.65. The Kier molecular flexibility index (Phi) is 13.1. The lowest BCUT2D eigenvalue weighted by Crippen LogP contribution is -2.60. The van der Waals surface area contributed by atoms with Crippen LogP contribution in [0.2, 0.25) is 10.0 Å². The number of carbonyl (C=O) groups is 3. The molecule has 2 saturated heterocycles. The first-order valence-corrected chi connectivity index (χ1v) is 21.9. The second kappa shape index (κ2) is 17.6. The molecular weight excluding hydrogens is 787 g/mol. The average Bonchev–Trinajstić information content (AvgIpc) is 3.12. The van der Waals surface area contributed by atoms with E-state index >= 15 is 4.39 Å². The molecule has 3 saturated carbocycles. The number of rotatable bonds is 11. The third-order valence-electron chi connectivity index (χ3n) is 13.6. The molecule has 1 atom stereocenters. The SMILES string of the molecule is CC(C)(C)ONC(=O)CN1CC2(CCC(C(=O)Nc3cc(F)c(C4CCC(C(O)CN5CC6(CCC(C(=O)Nc7cc(F)cc(Cl)c7)CC6)C5)CC4)c(Cl)c3)CC2)C1. The predicted octanol–water partition coefficient (Wildman–Crippen LogP) is 8.31. The van der Waals surface area contributed by atoms with Crippen LogP contribution in [0.15, 0.2) is 30.3 Å². The largest absolute Gasteiger partial charge is 0.392 e. The number of nitrogens with one attached hydrogen (secondary N) is 3. The zero-order chi connectivity index (χ0) is 41.4. The van der Waals surface area contributed by atoms with Crippen molar-refractivity contribution >= 4 is 52.3 Å². The lowest BCUT2D eigenvalue weighted by molar-refractivity contribution is -0.150. The topological polar surface area (TPSA) is 123 Å². The zero-order valence-electron chi connectivity index (χ0n) is 34.0. The summed E-state index contributed by atoms with van der Waals surface area (Å²) in [4.78, 5) is 48.1. The number of aliphatic hydroxyl groups is 1. The third-order valence-corrected chi connectivity index (χ3v) is 14.1. The number of halogens is 4. The summed E-state index contributed by atoms with van der Waals surface area (Å²) in [6.45, 7) is 10.0. The Bertz CT molecular complexity index is 1780. The molecule has 7 rings (SSSR count). The van der Waals surface area contributed by atoms with Crippen molar-refractivity contribution in [3.8, 4) is 0 Å². The Hall–Kier alpha value is -2.87. The van der Waals surface area contributed by atoms with Gasteiger partial charge in [0.2, 0.25) is 11.8 Å². The number of anilines is 2. The van der Waals surface area contributed by atoms with E-state index in [9.17, 15) is 23.9 Å². The fraction of sp³-hybridized carbons (Fsp3) is 0.659. The van der Waals surface area contributed by atoms with Crippen molar-refractivity contribution in [2.75, 3.05) is 49.9 Å². The molecule has 0 bridgehead atoms. The van der Waals surface area contributed by atoms with E-state index in [1.165, 1.54) is 18.2 Å². The summed E-state index contributed by atoms with van der Waals surface area (Å²) in [5.74, 6) is -1.44. The highest BCUT2D eigenvalue weighted by Crippen LogP contribution is 2.48. The molecule has 3 amide bonds. The molecule has 3 aliphatic carbocycles. The van der Waals surface area contributed by atoms with Crippen molar-refractivity contribution in [1.29, 1.82) is 0 Å². The molecule has 0 radical (unpaired) electrons. The summed E-state index contributed by atoms with van der Waals surface area (Å²) < 4.78 is 29.4. The quantitative estimate of drug-likeness (QED) is 0.168. The molecule has 5 fully saturated rings. The molecule has 2 aromatic carbocycles. The van der Waals surface area contributed by atoms with Crippen LogP contribution in [0.1, 0.15) is 109 Å². The van der Waals surface area contributed by atoms with Gasteiger partial charge in [-0.05, 0) is 151 Å². The average molecular weight is 847 g/mol. The van der Waals surface area contributed by atoms with E-state index in [0.29, 0.717) is 35.1 Å². The summed E-state index contributed by atoms with van der Waals surface area (Å²) in [7, 11) is 0. The number of benzene rings is 2. The first-order valence-electron chi connectivity index (χ1n) is 21.1. The fourth-order valence-electron chi connectivity index (χ4n) is 10.5. The molecule has 2 aliphatic heterocycles. The Morgan fingerprint density at radius 1 is 0.793 bits per heavy atom. The molecule has 2 aromatic rings. The fourth-order valence-corrected chi connectivity index (χ4v) is 11.1. The van der Waals surface area contributed by atoms with Gasteiger partial charge < -0.3 is 15.7 Å². The highest BCUT2D eigenvalue weighted by Gasteiger charge is 2.48. The van der Waals surface area contributed by atoms with Crippen molar-refractivity contribution < 1.29 is 33.1 Å². The van der Waals surface area contributed by atoms with Gasteiger partial charge in [0, 0.05) is 71.5 Å². The maximum atomic E-state index is 15.7. The summed E-state index contributed by atoms with van der Waals surface area (Å²) >= 11 is 12.6. The molecule has 5 aliphatic rings. The lowest BCUT2D eigenvalue weighted by Gasteiger charge is -2.54. The minimum atomic E-state index is -0.484. The van der Waals surface area contributed by atoms with Crippen LogP contribution in [0.3, 0.4) is 0 Å².